The number of rotatable bonds is 11. The minimum absolute atomic E-state index is 0.0270. The molecule has 0 radical (unpaired) electrons. The van der Waals surface area contributed by atoms with Gasteiger partial charge in [-0.25, -0.2) is 4.79 Å². The molecule has 0 aliphatic carbocycles. The van der Waals surface area contributed by atoms with E-state index in [1.165, 1.54) is 6.92 Å². The van der Waals surface area contributed by atoms with Gasteiger partial charge >= 0.3 is 5.97 Å². The summed E-state index contributed by atoms with van der Waals surface area (Å²) in [7, 11) is 0. The van der Waals surface area contributed by atoms with Crippen molar-refractivity contribution in [2.75, 3.05) is 18.8 Å². The molecule has 0 aromatic carbocycles. The van der Waals surface area contributed by atoms with Crippen molar-refractivity contribution in [3.8, 4) is 0 Å². The van der Waals surface area contributed by atoms with Gasteiger partial charge < -0.3 is 26.0 Å². The fraction of sp³-hybridized carbons (Fsp3) is 0.692. The van der Waals surface area contributed by atoms with Crippen LogP contribution >= 0.6 is 11.8 Å². The normalized spacial score (nSPS) is 13.0. The van der Waals surface area contributed by atoms with E-state index >= 15 is 0 Å². The van der Waals surface area contributed by atoms with E-state index in [1.54, 1.807) is 0 Å². The minimum atomic E-state index is -1.59. The predicted octanol–water partition coefficient (Wildman–Crippen LogP) is -1.52. The Morgan fingerprint density at radius 2 is 1.65 bits per heavy atom. The third kappa shape index (κ3) is 11.6. The molecule has 0 rings (SSSR count). The molecule has 10 heteroatoms. The first kappa shape index (κ1) is 21.4. The summed E-state index contributed by atoms with van der Waals surface area (Å²) in [6.07, 6.45) is -3.17. The summed E-state index contributed by atoms with van der Waals surface area (Å²) in [5.41, 5.74) is 0. The number of carboxylic acid groups (broad SMARTS) is 1. The van der Waals surface area contributed by atoms with Gasteiger partial charge in [0, 0.05) is 32.2 Å². The van der Waals surface area contributed by atoms with E-state index in [0.29, 0.717) is 12.3 Å². The van der Waals surface area contributed by atoms with Gasteiger partial charge in [0.05, 0.1) is 0 Å². The van der Waals surface area contributed by atoms with Crippen LogP contribution in [0, 0.1) is 0 Å². The summed E-state index contributed by atoms with van der Waals surface area (Å²) in [5, 5.41) is 31.5. The molecule has 0 aliphatic rings. The van der Waals surface area contributed by atoms with E-state index in [2.05, 4.69) is 10.6 Å². The molecule has 2 amide bonds. The van der Waals surface area contributed by atoms with Crippen LogP contribution in [-0.2, 0) is 19.2 Å². The summed E-state index contributed by atoms with van der Waals surface area (Å²) >= 11 is 0.888. The van der Waals surface area contributed by atoms with Gasteiger partial charge in [-0.05, 0) is 12.8 Å². The maximum absolute atomic E-state index is 11.5. The third-order valence-electron chi connectivity index (χ3n) is 2.66. The highest BCUT2D eigenvalue weighted by Gasteiger charge is 2.17. The Morgan fingerprint density at radius 3 is 2.22 bits per heavy atom. The number of hydrogen-bond donors (Lipinski definition) is 5. The van der Waals surface area contributed by atoms with Crippen molar-refractivity contribution in [1.82, 2.24) is 10.6 Å². The number of aliphatic hydroxyl groups is 2. The molecule has 0 spiro atoms. The Labute approximate surface area is 137 Å². The summed E-state index contributed by atoms with van der Waals surface area (Å²) in [5.74, 6) is -1.72. The first-order valence-electron chi connectivity index (χ1n) is 7.00. The lowest BCUT2D eigenvalue weighted by Crippen LogP contribution is -2.31. The Hall–Kier alpha value is -1.65. The minimum Gasteiger partial charge on any atom is -0.479 e. The molecule has 5 N–H and O–H groups in total. The second-order valence-electron chi connectivity index (χ2n) is 4.70. The second-order valence-corrected chi connectivity index (χ2v) is 5.80. The summed E-state index contributed by atoms with van der Waals surface area (Å²) in [6, 6.07) is 0. The van der Waals surface area contributed by atoms with Crippen LogP contribution < -0.4 is 10.6 Å². The second kappa shape index (κ2) is 11.9. The summed E-state index contributed by atoms with van der Waals surface area (Å²) < 4.78 is 0. The average molecular weight is 350 g/mol. The van der Waals surface area contributed by atoms with Crippen molar-refractivity contribution in [1.29, 1.82) is 0 Å². The number of aliphatic hydroxyl groups excluding tert-OH is 2. The van der Waals surface area contributed by atoms with Gasteiger partial charge in [-0.1, -0.05) is 11.8 Å². The van der Waals surface area contributed by atoms with Crippen LogP contribution in [0.25, 0.3) is 0 Å². The molecular formula is C13H22N2O7S. The van der Waals surface area contributed by atoms with Gasteiger partial charge in [-0.3, -0.25) is 14.4 Å². The van der Waals surface area contributed by atoms with Crippen LogP contribution in [-0.4, -0.2) is 69.3 Å². The molecule has 0 fully saturated rings. The molecule has 0 aliphatic heterocycles. The van der Waals surface area contributed by atoms with E-state index in [-0.39, 0.29) is 31.7 Å². The van der Waals surface area contributed by atoms with Crippen molar-refractivity contribution in [3.05, 3.63) is 0 Å². The maximum atomic E-state index is 11.5. The molecule has 9 nitrogen and oxygen atoms in total. The van der Waals surface area contributed by atoms with Gasteiger partial charge in [0.2, 0.25) is 16.9 Å². The van der Waals surface area contributed by atoms with E-state index in [9.17, 15) is 24.3 Å². The van der Waals surface area contributed by atoms with E-state index in [0.717, 1.165) is 11.8 Å². The van der Waals surface area contributed by atoms with Crippen LogP contribution in [0.15, 0.2) is 0 Å². The maximum Gasteiger partial charge on any atom is 0.332 e. The van der Waals surface area contributed by atoms with E-state index < -0.39 is 29.2 Å². The number of carbonyl (C=O) groups excluding carboxylic acids is 3. The van der Waals surface area contributed by atoms with Gasteiger partial charge in [-0.15, -0.1) is 0 Å². The lowest BCUT2D eigenvalue weighted by Gasteiger charge is -2.10. The van der Waals surface area contributed by atoms with Gasteiger partial charge in [0.25, 0.3) is 0 Å². The molecule has 0 heterocycles. The number of carbonyl (C=O) groups is 4. The van der Waals surface area contributed by atoms with Crippen LogP contribution in [0.2, 0.25) is 0 Å². The van der Waals surface area contributed by atoms with Crippen molar-refractivity contribution >= 4 is 34.7 Å². The predicted molar refractivity (Wildman–Crippen MR) is 82.7 cm³/mol. The third-order valence-corrected chi connectivity index (χ3v) is 3.63. The summed E-state index contributed by atoms with van der Waals surface area (Å²) in [6.45, 7) is 1.74. The molecule has 0 saturated heterocycles. The average Bonchev–Trinajstić information content (AvgIpc) is 2.48. The monoisotopic (exact) mass is 350 g/mol. The zero-order valence-electron chi connectivity index (χ0n) is 12.8. The molecule has 0 aromatic rings. The Bertz CT molecular complexity index is 431. The molecule has 132 valence electrons. The van der Waals surface area contributed by atoms with Gasteiger partial charge in [-0.2, -0.15) is 0 Å². The fourth-order valence-corrected chi connectivity index (χ4v) is 2.14. The number of aliphatic carboxylic acids is 1. The van der Waals surface area contributed by atoms with Crippen LogP contribution in [0.1, 0.15) is 26.2 Å². The Balaban J connectivity index is 3.77. The van der Waals surface area contributed by atoms with E-state index in [1.807, 2.05) is 0 Å². The fourth-order valence-electron chi connectivity index (χ4n) is 1.42. The van der Waals surface area contributed by atoms with E-state index in [4.69, 9.17) is 10.2 Å². The first-order chi connectivity index (χ1) is 10.7. The van der Waals surface area contributed by atoms with Crippen molar-refractivity contribution in [2.45, 2.75) is 38.4 Å². The number of thioether (sulfide) groups is 1. The van der Waals surface area contributed by atoms with Crippen LogP contribution in [0.4, 0.5) is 0 Å². The summed E-state index contributed by atoms with van der Waals surface area (Å²) in [4.78, 5) is 43.9. The van der Waals surface area contributed by atoms with Crippen molar-refractivity contribution in [2.24, 2.45) is 0 Å². The molecule has 23 heavy (non-hydrogen) atoms. The quantitative estimate of drug-likeness (QED) is 0.281. The number of carboxylic acids is 1. The largest absolute Gasteiger partial charge is 0.479 e. The highest BCUT2D eigenvalue weighted by atomic mass is 32.2. The lowest BCUT2D eigenvalue weighted by atomic mass is 10.2. The number of hydrogen-bond acceptors (Lipinski definition) is 7. The topological polar surface area (TPSA) is 153 Å². The molecule has 0 saturated carbocycles. The Morgan fingerprint density at radius 1 is 1.00 bits per heavy atom. The highest BCUT2D eigenvalue weighted by molar-refractivity contribution is 8.13. The molecule has 2 atom stereocenters. The van der Waals surface area contributed by atoms with Crippen molar-refractivity contribution < 1.29 is 34.5 Å². The number of nitrogens with one attached hydrogen (secondary N) is 2. The van der Waals surface area contributed by atoms with Gasteiger partial charge in [0.15, 0.2) is 6.10 Å². The van der Waals surface area contributed by atoms with Gasteiger partial charge in [0.1, 0.15) is 6.10 Å². The molecule has 0 bridgehead atoms. The molecular weight excluding hydrogens is 328 g/mol. The van der Waals surface area contributed by atoms with Crippen molar-refractivity contribution in [3.63, 3.8) is 0 Å². The first-order valence-corrected chi connectivity index (χ1v) is 7.99. The Kier molecular flexibility index (Phi) is 11.0. The molecule has 0 aromatic heterocycles. The lowest BCUT2D eigenvalue weighted by molar-refractivity contribution is -0.147. The number of amides is 2. The standard InChI is InChI=1S/C13H22N2O7S/c1-8(16)14-6-7-23-13(22)10(18)4-5-15-11(19)3-2-9(17)12(20)21/h9-10,17-18H,2-7H2,1H3,(H,14,16)(H,15,19)(H,20,21)/t9-,10-/m0/s1. The zero-order valence-corrected chi connectivity index (χ0v) is 13.6. The zero-order chi connectivity index (χ0) is 17.8. The molecule has 0 unspecified atom stereocenters. The van der Waals surface area contributed by atoms with Crippen LogP contribution in [0.5, 0.6) is 0 Å². The smallest absolute Gasteiger partial charge is 0.332 e. The highest BCUT2D eigenvalue weighted by Crippen LogP contribution is 2.07. The van der Waals surface area contributed by atoms with Crippen LogP contribution in [0.3, 0.4) is 0 Å². The SMILES string of the molecule is CC(=O)NCCSC(=O)[C@@H](O)CCNC(=O)CC[C@H](O)C(=O)O.